The largest absolute Gasteiger partial charge is 0.308 e. The Bertz CT molecular complexity index is 3450. The Hall–Kier alpha value is -6.94. The molecule has 7 heteroatoms. The third kappa shape index (κ3) is 6.31. The van der Waals surface area contributed by atoms with E-state index in [4.69, 9.17) is 15.0 Å². The average molecular weight is 912 g/mol. The predicted octanol–water partition coefficient (Wildman–Crippen LogP) is 14.7. The first-order valence-electron chi connectivity index (χ1n) is 20.2. The number of hydrogen-bond acceptors (Lipinski definition) is 5. The van der Waals surface area contributed by atoms with Crippen LogP contribution in [0.5, 0.6) is 0 Å². The molecule has 12 rings (SSSR count). The first-order valence-corrected chi connectivity index (χ1v) is 23.4. The molecule has 0 atom stereocenters. The van der Waals surface area contributed by atoms with Crippen molar-refractivity contribution in [3.8, 4) is 39.9 Å². The zero-order valence-electron chi connectivity index (χ0n) is 32.7. The lowest BCUT2D eigenvalue weighted by Crippen LogP contribution is -2.14. The van der Waals surface area contributed by atoms with Gasteiger partial charge in [-0.15, -0.1) is 0 Å². The molecule has 0 saturated carbocycles. The molecule has 2 aliphatic rings. The van der Waals surface area contributed by atoms with E-state index in [1.807, 2.05) is 30.0 Å². The van der Waals surface area contributed by atoms with Gasteiger partial charge in [0.25, 0.3) is 0 Å². The second-order valence-corrected chi connectivity index (χ2v) is 18.6. The van der Waals surface area contributed by atoms with Crippen LogP contribution in [0.15, 0.2) is 210 Å². The number of benzene rings is 8. The van der Waals surface area contributed by atoms with Gasteiger partial charge in [-0.25, -0.2) is 4.98 Å². The second kappa shape index (κ2) is 15.0. The van der Waals surface area contributed by atoms with Gasteiger partial charge in [-0.2, -0.15) is 9.97 Å². The molecule has 4 heterocycles. The van der Waals surface area contributed by atoms with E-state index in [0.717, 1.165) is 38.8 Å². The highest BCUT2D eigenvalue weighted by molar-refractivity contribution is 14.2. The smallest absolute Gasteiger partial charge is 0.238 e. The van der Waals surface area contributed by atoms with Crippen molar-refractivity contribution >= 4 is 89.7 Å². The van der Waals surface area contributed by atoms with Gasteiger partial charge in [0, 0.05) is 41.0 Å². The number of rotatable bonds is 6. The zero-order chi connectivity index (χ0) is 40.3. The van der Waals surface area contributed by atoms with Crippen molar-refractivity contribution in [1.82, 2.24) is 19.5 Å². The summed E-state index contributed by atoms with van der Waals surface area (Å²) in [4.78, 5) is 20.5. The summed E-state index contributed by atoms with van der Waals surface area (Å²) in [7, 11) is 0. The van der Waals surface area contributed by atoms with Crippen LogP contribution in [0.1, 0.15) is 5.56 Å². The van der Waals surface area contributed by atoms with E-state index < -0.39 is 0 Å². The lowest BCUT2D eigenvalue weighted by Gasteiger charge is -2.33. The maximum Gasteiger partial charge on any atom is 0.238 e. The van der Waals surface area contributed by atoms with Crippen molar-refractivity contribution in [2.24, 2.45) is 0 Å². The van der Waals surface area contributed by atoms with Crippen molar-refractivity contribution in [3.05, 3.63) is 206 Å². The Balaban J connectivity index is 1.04. The van der Waals surface area contributed by atoms with Crippen molar-refractivity contribution in [2.45, 2.75) is 9.79 Å². The Morgan fingerprint density at radius 1 is 0.459 bits per heavy atom. The molecule has 0 unspecified atom stereocenters. The molecular weight excluding hydrogens is 878 g/mol. The molecule has 2 aliphatic heterocycles. The monoisotopic (exact) mass is 911 g/mol. The van der Waals surface area contributed by atoms with Crippen molar-refractivity contribution in [2.75, 3.05) is 4.90 Å². The minimum absolute atomic E-state index is 0.149. The van der Waals surface area contributed by atoms with E-state index in [1.165, 1.54) is 52.0 Å². The topological polar surface area (TPSA) is 46.8 Å². The molecule has 0 spiro atoms. The van der Waals surface area contributed by atoms with Gasteiger partial charge in [-0.1, -0.05) is 172 Å². The summed E-state index contributed by atoms with van der Waals surface area (Å²) < 4.78 is 5.93. The summed E-state index contributed by atoms with van der Waals surface area (Å²) in [6, 6.07) is 65.0. The summed E-state index contributed by atoms with van der Waals surface area (Å²) in [5.41, 5.74) is 11.1. The minimum Gasteiger partial charge on any atom is -0.308 e. The minimum atomic E-state index is -0.149. The highest BCUT2D eigenvalue weighted by Crippen LogP contribution is 2.52. The van der Waals surface area contributed by atoms with Gasteiger partial charge in [0.05, 0.1) is 22.4 Å². The van der Waals surface area contributed by atoms with Crippen LogP contribution in [0.25, 0.3) is 76.0 Å². The highest BCUT2D eigenvalue weighted by atomic mass is 127. The number of halogens is 1. The molecular formula is C54H34IN5S. The molecule has 0 N–H and O–H groups in total. The van der Waals surface area contributed by atoms with Gasteiger partial charge in [0.15, 0.2) is 11.6 Å². The van der Waals surface area contributed by atoms with Crippen LogP contribution in [-0.2, 0) is 0 Å². The molecule has 0 amide bonds. The van der Waals surface area contributed by atoms with Gasteiger partial charge >= 0.3 is 0 Å². The van der Waals surface area contributed by atoms with Crippen LogP contribution in [-0.4, -0.2) is 23.5 Å². The average Bonchev–Trinajstić information content (AvgIpc) is 3.68. The van der Waals surface area contributed by atoms with E-state index >= 15 is 0 Å². The molecule has 288 valence electrons. The number of fused-ring (bicyclic) bond motifs is 7. The Labute approximate surface area is 367 Å². The van der Waals surface area contributed by atoms with Crippen molar-refractivity contribution < 1.29 is 0 Å². The Morgan fingerprint density at radius 2 is 1.11 bits per heavy atom. The fourth-order valence-electron chi connectivity index (χ4n) is 8.55. The third-order valence-corrected chi connectivity index (χ3v) is 15.0. The normalized spacial score (nSPS) is 13.2. The van der Waals surface area contributed by atoms with Crippen LogP contribution in [0.3, 0.4) is 0 Å². The number of aromatic nitrogens is 4. The van der Waals surface area contributed by atoms with Crippen molar-refractivity contribution in [1.29, 1.82) is 0 Å². The standard InChI is InChI=1S/C54H34IN5S/c1-3-14-37(15-4-1)52-56-53(38-24-22-36(23-25-38)44-19-11-12-32-55-44)58-54(57-52)60-45-29-27-39(33-43(45)51-42-18-8-7-13-35(42)26-31-48(51)60)40-28-30-47-50(34-40)61-49-21-10-9-20-46(49)59(47)41-16-5-2-6-17-41/h1-34H. The van der Waals surface area contributed by atoms with E-state index in [2.05, 4.69) is 195 Å². The maximum absolute atomic E-state index is 5.28. The summed E-state index contributed by atoms with van der Waals surface area (Å²) in [6.07, 6.45) is 6.50. The fraction of sp³-hybridized carbons (Fsp3) is 0. The maximum atomic E-state index is 5.28. The summed E-state index contributed by atoms with van der Waals surface area (Å²) in [5, 5.41) is 4.70. The molecule has 10 aromatic rings. The van der Waals surface area contributed by atoms with Gasteiger partial charge in [0.2, 0.25) is 5.95 Å². The fourth-order valence-corrected chi connectivity index (χ4v) is 11.6. The van der Waals surface area contributed by atoms with Gasteiger partial charge < -0.3 is 4.90 Å². The highest BCUT2D eigenvalue weighted by Gasteiger charge is 2.26. The molecule has 61 heavy (non-hydrogen) atoms. The molecule has 0 fully saturated rings. The van der Waals surface area contributed by atoms with Crippen LogP contribution in [0.2, 0.25) is 0 Å². The van der Waals surface area contributed by atoms with Crippen LogP contribution in [0, 0.1) is 0 Å². The third-order valence-electron chi connectivity index (χ3n) is 11.4. The number of allylic oxidation sites excluding steroid dienone is 3. The SMILES string of the molecule is C1=CC=C(c2ccc(-c3nc(-c4ccccc4)nc(-n4c5ccc(-c6ccc7c(c6)Sc6ccccc6N7c6ccccc6)cc5c5c6ccccc6ccc54)n3)cc2)I=C1. The summed E-state index contributed by atoms with van der Waals surface area (Å²) in [5.74, 6) is 1.86. The molecule has 2 aromatic heterocycles. The van der Waals surface area contributed by atoms with Crippen LogP contribution >= 0.6 is 32.5 Å². The predicted molar refractivity (Wildman–Crippen MR) is 264 cm³/mol. The van der Waals surface area contributed by atoms with Crippen LogP contribution < -0.4 is 4.90 Å². The Morgan fingerprint density at radius 3 is 1.93 bits per heavy atom. The molecule has 0 radical (unpaired) electrons. The number of nitrogens with zero attached hydrogens (tertiary/aromatic N) is 5. The lowest BCUT2D eigenvalue weighted by molar-refractivity contribution is 0.953. The number of hydrogen-bond donors (Lipinski definition) is 0. The molecule has 0 bridgehead atoms. The van der Waals surface area contributed by atoms with Crippen LogP contribution in [0.4, 0.5) is 17.1 Å². The molecule has 5 nitrogen and oxygen atoms in total. The number of anilines is 3. The quantitative estimate of drug-likeness (QED) is 0.156. The molecule has 0 saturated heterocycles. The lowest BCUT2D eigenvalue weighted by atomic mass is 9.99. The number of para-hydroxylation sites is 2. The van der Waals surface area contributed by atoms with Gasteiger partial charge in [0.1, 0.15) is 0 Å². The first-order chi connectivity index (χ1) is 30.2. The second-order valence-electron chi connectivity index (χ2n) is 15.0. The van der Waals surface area contributed by atoms with Gasteiger partial charge in [-0.05, 0) is 92.1 Å². The van der Waals surface area contributed by atoms with E-state index in [-0.39, 0.29) is 20.7 Å². The molecule has 0 aliphatic carbocycles. The summed E-state index contributed by atoms with van der Waals surface area (Å²) in [6.45, 7) is 0. The first kappa shape index (κ1) is 36.0. The Kier molecular flexibility index (Phi) is 8.82. The van der Waals surface area contributed by atoms with E-state index in [1.54, 1.807) is 0 Å². The molecule has 8 aromatic carbocycles. The zero-order valence-corrected chi connectivity index (χ0v) is 35.6. The van der Waals surface area contributed by atoms with E-state index in [9.17, 15) is 0 Å². The van der Waals surface area contributed by atoms with Crippen molar-refractivity contribution in [3.63, 3.8) is 0 Å². The summed E-state index contributed by atoms with van der Waals surface area (Å²) >= 11 is 1.68. The van der Waals surface area contributed by atoms with Gasteiger partial charge in [-0.3, -0.25) is 4.57 Å². The van der Waals surface area contributed by atoms with E-state index in [0.29, 0.717) is 17.6 Å².